The summed E-state index contributed by atoms with van der Waals surface area (Å²) in [5.74, 6) is 0.144. The second kappa shape index (κ2) is 7.73. The first-order chi connectivity index (χ1) is 15.0. The molecule has 1 aromatic carbocycles. The van der Waals surface area contributed by atoms with Crippen LogP contribution >= 0.6 is 11.3 Å². The van der Waals surface area contributed by atoms with Crippen molar-refractivity contribution in [1.82, 2.24) is 14.7 Å². The minimum atomic E-state index is -0.401. The summed E-state index contributed by atoms with van der Waals surface area (Å²) in [7, 11) is 0. The Labute approximate surface area is 180 Å². The fourth-order valence-corrected chi connectivity index (χ4v) is 5.00. The molecule has 9 heteroatoms. The minimum Gasteiger partial charge on any atom is -0.338 e. The van der Waals surface area contributed by atoms with Crippen molar-refractivity contribution < 1.29 is 13.7 Å². The van der Waals surface area contributed by atoms with Crippen LogP contribution < -0.4 is 10.9 Å². The number of fused-ring (bicyclic) bond motifs is 2. The molecular weight excluding hydrogens is 419 g/mol. The van der Waals surface area contributed by atoms with Gasteiger partial charge in [0.05, 0.1) is 10.3 Å². The lowest BCUT2D eigenvalue weighted by Crippen LogP contribution is -2.24. The number of amides is 1. The fourth-order valence-electron chi connectivity index (χ4n) is 3.91. The van der Waals surface area contributed by atoms with E-state index < -0.39 is 5.91 Å². The molecule has 31 heavy (non-hydrogen) atoms. The standard InChI is InChI=1S/C22H19FN4O3S/c1-12-18-21(24-16-8-3-2-4-9-27(16)22(18)29)31-19(12)20(28)25-17-11-15(26-30-17)13-6-5-7-14(23)10-13/h5-7,10-11H,2-4,8-9H2,1H3,(H,25,28). The summed E-state index contributed by atoms with van der Waals surface area (Å²) in [5, 5.41) is 7.07. The molecule has 0 fully saturated rings. The minimum absolute atomic E-state index is 0.0808. The maximum Gasteiger partial charge on any atom is 0.268 e. The van der Waals surface area contributed by atoms with Crippen LogP contribution in [-0.2, 0) is 13.0 Å². The first-order valence-electron chi connectivity index (χ1n) is 10.1. The van der Waals surface area contributed by atoms with Crippen molar-refractivity contribution in [3.8, 4) is 11.3 Å². The Bertz CT molecular complexity index is 1370. The number of hydrogen-bond donors (Lipinski definition) is 1. The van der Waals surface area contributed by atoms with Crippen molar-refractivity contribution in [2.24, 2.45) is 0 Å². The number of benzene rings is 1. The number of nitrogens with zero attached hydrogens (tertiary/aromatic N) is 3. The Balaban J connectivity index is 1.46. The summed E-state index contributed by atoms with van der Waals surface area (Å²) in [6, 6.07) is 7.48. The highest BCUT2D eigenvalue weighted by atomic mass is 32.1. The van der Waals surface area contributed by atoms with Gasteiger partial charge in [-0.1, -0.05) is 23.7 Å². The number of aromatic nitrogens is 3. The number of carbonyl (C=O) groups excluding carboxylic acids is 1. The predicted molar refractivity (Wildman–Crippen MR) is 116 cm³/mol. The van der Waals surface area contributed by atoms with E-state index in [-0.39, 0.29) is 17.3 Å². The van der Waals surface area contributed by atoms with Gasteiger partial charge >= 0.3 is 0 Å². The van der Waals surface area contributed by atoms with E-state index in [1.807, 2.05) is 0 Å². The lowest BCUT2D eigenvalue weighted by atomic mass is 10.1. The zero-order valence-electron chi connectivity index (χ0n) is 16.8. The number of hydrogen-bond acceptors (Lipinski definition) is 6. The van der Waals surface area contributed by atoms with Gasteiger partial charge in [-0.3, -0.25) is 19.5 Å². The van der Waals surface area contributed by atoms with Crippen LogP contribution in [0.25, 0.3) is 21.5 Å². The van der Waals surface area contributed by atoms with Crippen molar-refractivity contribution in [3.05, 3.63) is 62.8 Å². The van der Waals surface area contributed by atoms with Crippen LogP contribution in [-0.4, -0.2) is 20.6 Å². The van der Waals surface area contributed by atoms with Gasteiger partial charge in [0, 0.05) is 24.6 Å². The number of nitrogens with one attached hydrogen (secondary N) is 1. The van der Waals surface area contributed by atoms with Crippen LogP contribution in [0.2, 0.25) is 0 Å². The number of halogens is 1. The van der Waals surface area contributed by atoms with Crippen molar-refractivity contribution in [2.75, 3.05) is 5.32 Å². The summed E-state index contributed by atoms with van der Waals surface area (Å²) in [4.78, 5) is 31.7. The van der Waals surface area contributed by atoms with Crippen molar-refractivity contribution >= 4 is 33.3 Å². The average Bonchev–Trinajstić information content (AvgIpc) is 3.25. The molecule has 0 aliphatic carbocycles. The lowest BCUT2D eigenvalue weighted by molar-refractivity contribution is 0.102. The van der Waals surface area contributed by atoms with E-state index in [1.165, 1.54) is 29.5 Å². The summed E-state index contributed by atoms with van der Waals surface area (Å²) in [5.41, 5.74) is 1.48. The normalized spacial score (nSPS) is 13.7. The Kier molecular flexibility index (Phi) is 4.90. The molecule has 1 amide bonds. The van der Waals surface area contributed by atoms with Gasteiger partial charge in [-0.2, -0.15) is 0 Å². The molecule has 4 heterocycles. The molecule has 5 rings (SSSR count). The zero-order valence-corrected chi connectivity index (χ0v) is 17.6. The molecule has 3 aromatic heterocycles. The fraction of sp³-hybridized carbons (Fsp3) is 0.273. The highest BCUT2D eigenvalue weighted by Gasteiger charge is 2.23. The molecular formula is C22H19FN4O3S. The van der Waals surface area contributed by atoms with Crippen LogP contribution in [0.5, 0.6) is 0 Å². The Hall–Kier alpha value is -3.33. The number of aryl methyl sites for hydroxylation is 2. The second-order valence-electron chi connectivity index (χ2n) is 7.57. The zero-order chi connectivity index (χ0) is 21.5. The number of rotatable bonds is 3. The van der Waals surface area contributed by atoms with Crippen molar-refractivity contribution in [1.29, 1.82) is 0 Å². The summed E-state index contributed by atoms with van der Waals surface area (Å²) < 4.78 is 20.4. The lowest BCUT2D eigenvalue weighted by Gasteiger charge is -2.08. The molecule has 0 unspecified atom stereocenters. The van der Waals surface area contributed by atoms with Gasteiger partial charge in [-0.05, 0) is 37.5 Å². The van der Waals surface area contributed by atoms with E-state index in [4.69, 9.17) is 4.52 Å². The molecule has 158 valence electrons. The monoisotopic (exact) mass is 438 g/mol. The van der Waals surface area contributed by atoms with Gasteiger partial charge in [0.1, 0.15) is 22.2 Å². The van der Waals surface area contributed by atoms with Gasteiger partial charge in [0.15, 0.2) is 0 Å². The molecule has 0 spiro atoms. The summed E-state index contributed by atoms with van der Waals surface area (Å²) in [6.45, 7) is 2.42. The third kappa shape index (κ3) is 3.54. The SMILES string of the molecule is Cc1c(C(=O)Nc2cc(-c3cccc(F)c3)no2)sc2nc3n(c(=O)c12)CCCCC3. The van der Waals surface area contributed by atoms with E-state index in [2.05, 4.69) is 15.5 Å². The largest absolute Gasteiger partial charge is 0.338 e. The van der Waals surface area contributed by atoms with Crippen LogP contribution in [0.4, 0.5) is 10.3 Å². The molecule has 0 saturated carbocycles. The van der Waals surface area contributed by atoms with Gasteiger partial charge in [-0.15, -0.1) is 11.3 Å². The highest BCUT2D eigenvalue weighted by molar-refractivity contribution is 7.20. The van der Waals surface area contributed by atoms with Crippen molar-refractivity contribution in [3.63, 3.8) is 0 Å². The average molecular weight is 438 g/mol. The molecule has 1 N–H and O–H groups in total. The maximum absolute atomic E-state index is 13.4. The smallest absolute Gasteiger partial charge is 0.268 e. The van der Waals surface area contributed by atoms with Gasteiger partial charge in [0.25, 0.3) is 11.5 Å². The quantitative estimate of drug-likeness (QED) is 0.507. The molecule has 0 bridgehead atoms. The molecule has 1 aliphatic heterocycles. The van der Waals surface area contributed by atoms with Crippen LogP contribution in [0.15, 0.2) is 39.6 Å². The highest BCUT2D eigenvalue weighted by Crippen LogP contribution is 2.30. The first-order valence-corrected chi connectivity index (χ1v) is 10.9. The molecule has 0 atom stereocenters. The number of thiophene rings is 1. The topological polar surface area (TPSA) is 90.0 Å². The molecule has 4 aromatic rings. The molecule has 0 radical (unpaired) electrons. The summed E-state index contributed by atoms with van der Waals surface area (Å²) in [6.07, 6.45) is 3.81. The van der Waals surface area contributed by atoms with Gasteiger partial charge in [0.2, 0.25) is 5.88 Å². The third-order valence-electron chi connectivity index (χ3n) is 5.48. The van der Waals surface area contributed by atoms with Crippen LogP contribution in [0, 0.1) is 12.7 Å². The van der Waals surface area contributed by atoms with Crippen LogP contribution in [0.3, 0.4) is 0 Å². The molecule has 0 saturated heterocycles. The molecule has 1 aliphatic rings. The second-order valence-corrected chi connectivity index (χ2v) is 8.57. The molecule has 7 nitrogen and oxygen atoms in total. The van der Waals surface area contributed by atoms with E-state index in [0.29, 0.717) is 38.5 Å². The van der Waals surface area contributed by atoms with Crippen molar-refractivity contribution in [2.45, 2.75) is 39.2 Å². The maximum atomic E-state index is 13.4. The third-order valence-corrected chi connectivity index (χ3v) is 6.67. The van der Waals surface area contributed by atoms with E-state index >= 15 is 0 Å². The first kappa shape index (κ1) is 19.6. The van der Waals surface area contributed by atoms with Gasteiger partial charge in [-0.25, -0.2) is 9.37 Å². The Morgan fingerprint density at radius 3 is 2.97 bits per heavy atom. The Morgan fingerprint density at radius 2 is 2.13 bits per heavy atom. The number of carbonyl (C=O) groups is 1. The number of anilines is 1. The van der Waals surface area contributed by atoms with E-state index in [1.54, 1.807) is 23.6 Å². The van der Waals surface area contributed by atoms with Gasteiger partial charge < -0.3 is 4.52 Å². The summed E-state index contributed by atoms with van der Waals surface area (Å²) >= 11 is 1.20. The van der Waals surface area contributed by atoms with E-state index in [0.717, 1.165) is 31.5 Å². The Morgan fingerprint density at radius 1 is 1.26 bits per heavy atom. The van der Waals surface area contributed by atoms with E-state index in [9.17, 15) is 14.0 Å². The predicted octanol–water partition coefficient (Wildman–Crippen LogP) is 4.54. The van der Waals surface area contributed by atoms with Crippen LogP contribution in [0.1, 0.15) is 40.3 Å².